The van der Waals surface area contributed by atoms with Crippen molar-refractivity contribution in [3.63, 3.8) is 0 Å². The zero-order valence-corrected chi connectivity index (χ0v) is 19.6. The number of aliphatic hydroxyl groups excluding tert-OH is 1. The van der Waals surface area contributed by atoms with Gasteiger partial charge in [-0.05, 0) is 43.2 Å². The average Bonchev–Trinajstić information content (AvgIpc) is 3.43. The lowest BCUT2D eigenvalue weighted by Gasteiger charge is -2.31. The zero-order valence-electron chi connectivity index (χ0n) is 18.8. The fourth-order valence-corrected chi connectivity index (χ4v) is 5.13. The SMILES string of the molecule is O=C(NCc1ccc(C(F)(F)F)cn1)[C@H]1C[C@H]2O[C@@H]1C[C@@H]2NC(=O)[C@H]1C[C@@H](O)c2cc(Cl)ccc2O1. The van der Waals surface area contributed by atoms with Crippen LogP contribution in [0.1, 0.15) is 42.2 Å². The van der Waals surface area contributed by atoms with Gasteiger partial charge in [0.05, 0.1) is 48.1 Å². The molecule has 3 aliphatic heterocycles. The molecule has 1 aromatic heterocycles. The molecule has 5 rings (SSSR count). The summed E-state index contributed by atoms with van der Waals surface area (Å²) in [6.07, 6.45) is -5.30. The second-order valence-electron chi connectivity index (χ2n) is 9.20. The Morgan fingerprint density at radius 3 is 2.58 bits per heavy atom. The molecule has 0 aliphatic carbocycles. The molecule has 2 saturated heterocycles. The van der Waals surface area contributed by atoms with E-state index in [1.807, 2.05) is 0 Å². The second-order valence-corrected chi connectivity index (χ2v) is 9.64. The van der Waals surface area contributed by atoms with Crippen molar-refractivity contribution in [1.82, 2.24) is 15.6 Å². The molecule has 4 heterocycles. The fourth-order valence-electron chi connectivity index (χ4n) is 4.95. The van der Waals surface area contributed by atoms with Crippen molar-refractivity contribution in [2.75, 3.05) is 0 Å². The number of hydrogen-bond acceptors (Lipinski definition) is 6. The van der Waals surface area contributed by atoms with Gasteiger partial charge in [0.25, 0.3) is 5.91 Å². The van der Waals surface area contributed by atoms with Crippen LogP contribution in [0.4, 0.5) is 13.2 Å². The van der Waals surface area contributed by atoms with E-state index in [2.05, 4.69) is 15.6 Å². The molecule has 2 aromatic rings. The molecule has 0 unspecified atom stereocenters. The minimum absolute atomic E-state index is 0.000939. The maximum atomic E-state index is 12.8. The van der Waals surface area contributed by atoms with Crippen molar-refractivity contribution in [1.29, 1.82) is 0 Å². The summed E-state index contributed by atoms with van der Waals surface area (Å²) in [6, 6.07) is 6.70. The first kappa shape index (κ1) is 24.8. The number of ether oxygens (including phenoxy) is 2. The van der Waals surface area contributed by atoms with Gasteiger partial charge in [0.15, 0.2) is 6.10 Å². The number of nitrogens with one attached hydrogen (secondary N) is 2. The van der Waals surface area contributed by atoms with Gasteiger partial charge in [-0.2, -0.15) is 13.2 Å². The first-order valence-corrected chi connectivity index (χ1v) is 11.9. The monoisotopic (exact) mass is 525 g/mol. The Morgan fingerprint density at radius 1 is 1.11 bits per heavy atom. The molecule has 36 heavy (non-hydrogen) atoms. The summed E-state index contributed by atoms with van der Waals surface area (Å²) in [5, 5.41) is 16.5. The number of carbonyl (C=O) groups excluding carboxylic acids is 2. The van der Waals surface area contributed by atoms with Crippen LogP contribution >= 0.6 is 11.6 Å². The molecular formula is C24H23ClF3N3O5. The Labute approximate surface area is 209 Å². The summed E-state index contributed by atoms with van der Waals surface area (Å²) in [7, 11) is 0. The van der Waals surface area contributed by atoms with Crippen LogP contribution in [0.15, 0.2) is 36.5 Å². The second kappa shape index (κ2) is 9.53. The van der Waals surface area contributed by atoms with Crippen molar-refractivity contribution in [3.05, 3.63) is 58.4 Å². The Morgan fingerprint density at radius 2 is 1.92 bits per heavy atom. The van der Waals surface area contributed by atoms with Crippen LogP contribution in [0.5, 0.6) is 5.75 Å². The Bertz CT molecular complexity index is 1160. The maximum absolute atomic E-state index is 12.8. The molecule has 0 spiro atoms. The minimum atomic E-state index is -4.47. The summed E-state index contributed by atoms with van der Waals surface area (Å²) in [4.78, 5) is 29.2. The van der Waals surface area contributed by atoms with Crippen LogP contribution in [0, 0.1) is 5.92 Å². The molecule has 3 aliphatic rings. The predicted octanol–water partition coefficient (Wildman–Crippen LogP) is 2.92. The van der Waals surface area contributed by atoms with E-state index in [9.17, 15) is 27.9 Å². The predicted molar refractivity (Wildman–Crippen MR) is 120 cm³/mol. The fraction of sp³-hybridized carbons (Fsp3) is 0.458. The van der Waals surface area contributed by atoms with Crippen LogP contribution in [-0.4, -0.2) is 46.3 Å². The van der Waals surface area contributed by atoms with Gasteiger partial charge in [0.2, 0.25) is 5.91 Å². The third kappa shape index (κ3) is 5.00. The minimum Gasteiger partial charge on any atom is -0.480 e. The molecule has 3 N–H and O–H groups in total. The third-order valence-corrected chi connectivity index (χ3v) is 7.04. The lowest BCUT2D eigenvalue weighted by molar-refractivity contribution is -0.138. The van der Waals surface area contributed by atoms with Crippen molar-refractivity contribution < 1.29 is 37.3 Å². The lowest BCUT2D eigenvalue weighted by atomic mass is 9.85. The van der Waals surface area contributed by atoms with Gasteiger partial charge in [-0.1, -0.05) is 11.6 Å². The Hall–Kier alpha value is -2.89. The van der Waals surface area contributed by atoms with Crippen LogP contribution < -0.4 is 15.4 Å². The van der Waals surface area contributed by atoms with Crippen LogP contribution in [-0.2, 0) is 27.0 Å². The Kier molecular flexibility index (Phi) is 6.56. The number of hydrogen-bond donors (Lipinski definition) is 3. The number of nitrogens with zero attached hydrogens (tertiary/aromatic N) is 1. The van der Waals surface area contributed by atoms with Crippen molar-refractivity contribution in [3.8, 4) is 5.75 Å². The molecule has 2 bridgehead atoms. The van der Waals surface area contributed by atoms with Gasteiger partial charge in [0, 0.05) is 23.2 Å². The quantitative estimate of drug-likeness (QED) is 0.554. The molecule has 1 aromatic carbocycles. The molecule has 2 amide bonds. The summed E-state index contributed by atoms with van der Waals surface area (Å²) < 4.78 is 49.6. The largest absolute Gasteiger partial charge is 0.480 e. The Balaban J connectivity index is 1.11. The van der Waals surface area contributed by atoms with Gasteiger partial charge >= 0.3 is 6.18 Å². The van der Waals surface area contributed by atoms with Gasteiger partial charge in [0.1, 0.15) is 5.75 Å². The van der Waals surface area contributed by atoms with E-state index in [0.717, 1.165) is 12.3 Å². The highest BCUT2D eigenvalue weighted by molar-refractivity contribution is 6.30. The molecule has 6 atom stereocenters. The third-order valence-electron chi connectivity index (χ3n) is 6.81. The van der Waals surface area contributed by atoms with Crippen molar-refractivity contribution >= 4 is 23.4 Å². The van der Waals surface area contributed by atoms with Gasteiger partial charge < -0.3 is 25.2 Å². The standard InChI is InChI=1S/C24H23ClF3N3O5/c25-12-2-4-18-14(5-12)17(32)8-21(35-18)23(34)31-16-7-19-15(6-20(16)36-19)22(33)30-10-13-3-1-11(9-29-13)24(26,27)28/h1-5,9,15-17,19-21,32H,6-8,10H2,(H,30,33)(H,31,34)/t15-,16-,17+,19+,20+,21+/m0/s1. The summed E-state index contributed by atoms with van der Waals surface area (Å²) in [5.74, 6) is -0.670. The summed E-state index contributed by atoms with van der Waals surface area (Å²) in [6.45, 7) is -0.000939. The van der Waals surface area contributed by atoms with Gasteiger partial charge in [-0.15, -0.1) is 0 Å². The molecule has 192 valence electrons. The van der Waals surface area contributed by atoms with Gasteiger partial charge in [-0.3, -0.25) is 14.6 Å². The molecule has 0 saturated carbocycles. The van der Waals surface area contributed by atoms with E-state index < -0.39 is 29.9 Å². The first-order valence-electron chi connectivity index (χ1n) is 11.5. The average molecular weight is 526 g/mol. The number of aliphatic hydroxyl groups is 1. The van der Waals surface area contributed by atoms with Crippen LogP contribution in [0.25, 0.3) is 0 Å². The number of alkyl halides is 3. The van der Waals surface area contributed by atoms with Gasteiger partial charge in [-0.25, -0.2) is 0 Å². The van der Waals surface area contributed by atoms with E-state index in [4.69, 9.17) is 21.1 Å². The van der Waals surface area contributed by atoms with Crippen molar-refractivity contribution in [2.45, 2.75) is 62.4 Å². The number of pyridine rings is 1. The van der Waals surface area contributed by atoms with Crippen molar-refractivity contribution in [2.24, 2.45) is 5.92 Å². The molecule has 12 heteroatoms. The number of amides is 2. The first-order chi connectivity index (χ1) is 17.1. The highest BCUT2D eigenvalue weighted by Crippen LogP contribution is 2.40. The number of carbonyl (C=O) groups is 2. The summed E-state index contributed by atoms with van der Waals surface area (Å²) >= 11 is 5.97. The van der Waals surface area contributed by atoms with E-state index in [1.54, 1.807) is 18.2 Å². The molecule has 8 nitrogen and oxygen atoms in total. The zero-order chi connectivity index (χ0) is 25.6. The normalized spacial score (nSPS) is 28.8. The van der Waals surface area contributed by atoms with E-state index >= 15 is 0 Å². The summed E-state index contributed by atoms with van der Waals surface area (Å²) in [5.41, 5.74) is -0.00635. The molecular weight excluding hydrogens is 503 g/mol. The number of halogens is 4. The van der Waals surface area contributed by atoms with Crippen LogP contribution in [0.3, 0.4) is 0 Å². The highest BCUT2D eigenvalue weighted by Gasteiger charge is 2.51. The maximum Gasteiger partial charge on any atom is 0.417 e. The number of rotatable bonds is 5. The molecule has 2 fully saturated rings. The topological polar surface area (TPSA) is 110 Å². The van der Waals surface area contributed by atoms with Crippen LogP contribution in [0.2, 0.25) is 5.02 Å². The molecule has 0 radical (unpaired) electrons. The highest BCUT2D eigenvalue weighted by atomic mass is 35.5. The van der Waals surface area contributed by atoms with E-state index in [0.29, 0.717) is 34.9 Å². The number of fused-ring (bicyclic) bond motifs is 3. The smallest absolute Gasteiger partial charge is 0.417 e. The van der Waals surface area contributed by atoms with E-state index in [-0.39, 0.29) is 43.0 Å². The number of aromatic nitrogens is 1. The van der Waals surface area contributed by atoms with E-state index in [1.165, 1.54) is 6.07 Å². The number of benzene rings is 1. The lowest BCUT2D eigenvalue weighted by Crippen LogP contribution is -2.50.